The standard InChI is InChI=1S/C29H19N2.3C17H14N.C16H12N.C9H16O2.2C5H8O2.3Ir/c1-19-18-30-28-24-14-12-22(20-8-4-2-5-9-20)16-26(24)27-17-23(21-10-6-3-7-11-21)13-15-25(27)29(28)31-19;1-12-10-13-6-3-5-9-16(13)18-11-14-7-2-4-8-15(14)17(12)18;1-12-4-3-5-15(10-12)16-9-8-14-7-6-13(2)11-17(14)18-16;1-12-9-13(2)11-15(10-12)17-8-7-14-5-3-4-6-16(14)18-17;1-3-7-14-12(5-1)9-10-17-11-13-6-2-4-8-15(13)16(14)17;1-6(2)8(10)5-9(11)7(3)4;2*1-4(6)3-5(2)7;;;/h2-13,15-18H,1H3;2-10H,11H2,1H3;3-4,6-11H,1-2H3;3-10H,1-2H3;1-10H,11H2;6-7H,5H2,1-4H3;3H2,1-2H3;3,6H,1-2H3;;;/q-1;+1;2*-1;+1;;;;;;. The molecule has 7 heterocycles. The summed E-state index contributed by atoms with van der Waals surface area (Å²) in [5.74, 6) is -0.129. The number of ketones is 5. The Bertz CT molecular complexity index is 7120. The number of para-hydroxylation sites is 2. The van der Waals surface area contributed by atoms with E-state index in [2.05, 4.69) is 329 Å². The Labute approximate surface area is 803 Å². The number of hydrogen-bond acceptors (Lipinski definition) is 10. The molecule has 0 aliphatic carbocycles. The van der Waals surface area contributed by atoms with Crippen LogP contribution in [0.25, 0.3) is 143 Å². The number of benzene rings is 13. The fraction of sp³-hybridized carbons (Fsp3) is 0.174. The topological polar surface area (TPSA) is 165 Å². The number of allylic oxidation sites excluding steroid dienone is 2. The summed E-state index contributed by atoms with van der Waals surface area (Å²) in [5, 5.41) is 19.2. The molecule has 0 spiro atoms. The summed E-state index contributed by atoms with van der Waals surface area (Å²) in [6.45, 7) is 27.5. The van der Waals surface area contributed by atoms with E-state index >= 15 is 0 Å². The van der Waals surface area contributed by atoms with Gasteiger partial charge in [-0.15, -0.1) is 93.9 Å². The summed E-state index contributed by atoms with van der Waals surface area (Å²) < 4.78 is 4.78. The van der Waals surface area contributed by atoms with E-state index in [1.165, 1.54) is 144 Å². The first-order chi connectivity index (χ1) is 61.2. The number of pyridine rings is 4. The van der Waals surface area contributed by atoms with E-state index in [0.29, 0.717) is 0 Å². The summed E-state index contributed by atoms with van der Waals surface area (Å²) in [4.78, 5) is 71.2. The van der Waals surface area contributed by atoms with Crippen molar-refractivity contribution in [2.24, 2.45) is 11.8 Å². The van der Waals surface area contributed by atoms with Crippen LogP contribution in [0.2, 0.25) is 0 Å². The molecule has 0 saturated heterocycles. The number of aliphatic hydroxyl groups excluding tert-OH is 1. The maximum Gasteiger partial charge on any atom is 0.221 e. The second-order valence-electron chi connectivity index (χ2n) is 33.1. The molecule has 13 aromatic carbocycles. The summed E-state index contributed by atoms with van der Waals surface area (Å²) in [7, 11) is 0. The Morgan fingerprint density at radius 2 is 0.977 bits per heavy atom. The van der Waals surface area contributed by atoms with Gasteiger partial charge in [0.05, 0.1) is 57.4 Å². The predicted octanol–water partition coefficient (Wildman–Crippen LogP) is 26.0. The third-order valence-corrected chi connectivity index (χ3v) is 21.9. The van der Waals surface area contributed by atoms with Crippen LogP contribution >= 0.6 is 0 Å². The van der Waals surface area contributed by atoms with Crippen LogP contribution in [0, 0.1) is 71.6 Å². The summed E-state index contributed by atoms with van der Waals surface area (Å²) in [6, 6.07) is 114. The number of aryl methyl sites for hydroxylation is 6. The van der Waals surface area contributed by atoms with Crippen molar-refractivity contribution in [3.05, 3.63) is 384 Å². The number of carbonyl (C=O) groups excluding carboxylic acids is 5. The minimum Gasteiger partial charge on any atom is -0.512 e. The molecule has 1 N–H and O–H groups in total. The third-order valence-electron chi connectivity index (χ3n) is 21.9. The number of aliphatic hydroxyl groups is 1. The molecule has 15 heteroatoms. The molecule has 0 fully saturated rings. The van der Waals surface area contributed by atoms with Gasteiger partial charge in [0.25, 0.3) is 0 Å². The zero-order chi connectivity index (χ0) is 90.0. The van der Waals surface area contributed by atoms with Gasteiger partial charge >= 0.3 is 0 Å². The zero-order valence-electron chi connectivity index (χ0n) is 75.7. The van der Waals surface area contributed by atoms with E-state index in [4.69, 9.17) is 25.0 Å². The van der Waals surface area contributed by atoms with Gasteiger partial charge in [-0.05, 0) is 141 Å². The third kappa shape index (κ3) is 25.4. The van der Waals surface area contributed by atoms with Crippen molar-refractivity contribution in [3.63, 3.8) is 0 Å². The van der Waals surface area contributed by atoms with Gasteiger partial charge in [-0.1, -0.05) is 271 Å². The van der Waals surface area contributed by atoms with Crippen molar-refractivity contribution in [2.75, 3.05) is 0 Å². The van der Waals surface area contributed by atoms with Gasteiger partial charge in [0.15, 0.2) is 25.1 Å². The Morgan fingerprint density at radius 3 is 1.60 bits per heavy atom. The van der Waals surface area contributed by atoms with Crippen LogP contribution in [0.3, 0.4) is 0 Å². The molecule has 2 aliphatic heterocycles. The van der Waals surface area contributed by atoms with Crippen LogP contribution in [0.1, 0.15) is 113 Å². The van der Waals surface area contributed by atoms with E-state index < -0.39 is 0 Å². The number of Topliss-reactive ketones (excluding diaryl/α,β-unsaturated/α-hetero) is 4. The van der Waals surface area contributed by atoms with Gasteiger partial charge in [-0.2, -0.15) is 9.13 Å². The molecule has 0 atom stereocenters. The van der Waals surface area contributed by atoms with Gasteiger partial charge in [0.2, 0.25) is 16.9 Å². The van der Waals surface area contributed by atoms with Crippen molar-refractivity contribution in [2.45, 2.75) is 123 Å². The molecule has 130 heavy (non-hydrogen) atoms. The molecular weight excluding hydrogens is 2140 g/mol. The molecule has 2 aliphatic rings. The predicted molar refractivity (Wildman–Crippen MR) is 519 cm³/mol. The molecule has 0 unspecified atom stereocenters. The average Bonchev–Trinajstić information content (AvgIpc) is 1.26. The Balaban J connectivity index is 0.000000160. The number of fused-ring (bicyclic) bond motifs is 18. The molecule has 3 radical (unpaired) electrons. The monoisotopic (exact) mass is 2240 g/mol. The molecule has 0 saturated carbocycles. The molecule has 659 valence electrons. The normalized spacial score (nSPS) is 11.0. The second-order valence-corrected chi connectivity index (χ2v) is 33.1. The van der Waals surface area contributed by atoms with Crippen LogP contribution in [-0.2, 0) is 97.4 Å². The first-order valence-electron chi connectivity index (χ1n) is 43.0. The fourth-order valence-corrected chi connectivity index (χ4v) is 15.7. The maximum absolute atomic E-state index is 11.0. The smallest absolute Gasteiger partial charge is 0.221 e. The number of hydrogen-bond donors (Lipinski definition) is 1. The maximum atomic E-state index is 11.0. The molecule has 18 aromatic rings. The molecular formula is C115H105Ir3N6O6-. The number of nitrogens with zero attached hydrogens (tertiary/aromatic N) is 6. The van der Waals surface area contributed by atoms with Crippen molar-refractivity contribution in [1.82, 2.24) is 19.9 Å². The molecule has 20 rings (SSSR count). The average molecular weight is 2240 g/mol. The van der Waals surface area contributed by atoms with Gasteiger partial charge in [0, 0.05) is 124 Å². The van der Waals surface area contributed by atoms with Crippen LogP contribution in [-0.4, -0.2) is 54.0 Å². The molecule has 12 nitrogen and oxygen atoms in total. The first-order valence-corrected chi connectivity index (χ1v) is 43.0. The van der Waals surface area contributed by atoms with E-state index in [9.17, 15) is 24.0 Å². The van der Waals surface area contributed by atoms with Crippen LogP contribution in [0.15, 0.2) is 321 Å². The van der Waals surface area contributed by atoms with Crippen molar-refractivity contribution in [3.8, 4) is 67.3 Å². The van der Waals surface area contributed by atoms with Crippen LogP contribution in [0.5, 0.6) is 0 Å². The number of aromatic nitrogens is 6. The Kier molecular flexibility index (Phi) is 35.5. The minimum absolute atomic E-state index is 0. The van der Waals surface area contributed by atoms with Gasteiger partial charge < -0.3 is 10.1 Å². The number of carbonyl (C=O) groups is 5. The van der Waals surface area contributed by atoms with Crippen LogP contribution < -0.4 is 9.13 Å². The Hall–Kier alpha value is -12.8. The minimum atomic E-state index is -0.125. The van der Waals surface area contributed by atoms with Crippen molar-refractivity contribution in [1.29, 1.82) is 0 Å². The van der Waals surface area contributed by atoms with E-state index in [1.54, 1.807) is 0 Å². The summed E-state index contributed by atoms with van der Waals surface area (Å²) >= 11 is 0. The summed E-state index contributed by atoms with van der Waals surface area (Å²) in [5.41, 5.74) is 29.6. The van der Waals surface area contributed by atoms with E-state index in [1.807, 2.05) is 77.2 Å². The quantitative estimate of drug-likeness (QED) is 0.0329. The molecule has 0 bridgehead atoms. The Morgan fingerprint density at radius 1 is 0.431 bits per heavy atom. The van der Waals surface area contributed by atoms with E-state index in [-0.39, 0.29) is 120 Å². The van der Waals surface area contributed by atoms with Gasteiger partial charge in [0.1, 0.15) is 23.1 Å². The molecule has 5 aromatic heterocycles. The first kappa shape index (κ1) is 99.4. The van der Waals surface area contributed by atoms with Gasteiger partial charge in [-0.3, -0.25) is 38.9 Å². The van der Waals surface area contributed by atoms with Crippen LogP contribution in [0.4, 0.5) is 0 Å². The second kappa shape index (κ2) is 46.5. The fourth-order valence-electron chi connectivity index (χ4n) is 15.7. The summed E-state index contributed by atoms with van der Waals surface area (Å²) in [6.07, 6.45) is 5.39. The number of rotatable bonds is 11. The van der Waals surface area contributed by atoms with Crippen molar-refractivity contribution >= 4 is 105 Å². The SMILES string of the molecule is CC(=O)C=C(C)O.CC(=O)CC(C)=O.CC(C)C(=O)CC(=O)C(C)C.Cc1[c-]c(-c2ccc3ccccc3n2)cc(C)c1.Cc1cc2ccccc2[n+]2c1-c1ccccc1C2.Cc1cc[c-]c(-c2ccc3ccc(C)cc3n2)c1.Cc1cnc2c3[c-]cc(-c4ccccc4)cc3c3cc(-c4ccccc4)ccc3c2n1.[Ir].[Ir].[Ir].c1ccc2c(c1)C[n+]1ccc3ccccc3c1-2. The molecule has 0 amide bonds. The van der Waals surface area contributed by atoms with Crippen molar-refractivity contribution < 1.29 is 98.5 Å². The largest absolute Gasteiger partial charge is 0.512 e. The zero-order valence-corrected chi connectivity index (χ0v) is 82.9. The van der Waals surface area contributed by atoms with Gasteiger partial charge in [-0.25, -0.2) is 0 Å². The van der Waals surface area contributed by atoms with E-state index in [0.717, 1.165) is 90.7 Å².